The van der Waals surface area contributed by atoms with Crippen molar-refractivity contribution in [3.05, 3.63) is 22.9 Å². The lowest BCUT2D eigenvalue weighted by Gasteiger charge is -2.02. The number of hydrogen-bond donors (Lipinski definition) is 0. The Labute approximate surface area is 91.7 Å². The number of nitriles is 1. The molecule has 0 bridgehead atoms. The van der Waals surface area contributed by atoms with Gasteiger partial charge in [-0.15, -0.1) is 0 Å². The van der Waals surface area contributed by atoms with Crippen molar-refractivity contribution >= 4 is 11.0 Å². The Morgan fingerprint density at radius 1 is 1.56 bits per heavy atom. The molecule has 16 heavy (non-hydrogen) atoms. The van der Waals surface area contributed by atoms with Crippen LogP contribution in [0.4, 0.5) is 0 Å². The maximum atomic E-state index is 11.9. The summed E-state index contributed by atoms with van der Waals surface area (Å²) >= 11 is 0. The Balaban J connectivity index is 2.38. The Bertz CT molecular complexity index is 604. The van der Waals surface area contributed by atoms with Crippen LogP contribution < -0.4 is 5.56 Å². The minimum Gasteiger partial charge on any atom is -0.299 e. The predicted octanol–water partition coefficient (Wildman–Crippen LogP) is 0.434. The molecule has 0 aliphatic heterocycles. The first-order valence-electron chi connectivity index (χ1n) is 4.98. The molecule has 0 N–H and O–H groups in total. The number of hydrogen-bond acceptors (Lipinski definition) is 4. The largest absolute Gasteiger partial charge is 0.299 e. The zero-order valence-electron chi connectivity index (χ0n) is 8.92. The van der Waals surface area contributed by atoms with Crippen LogP contribution in [0.2, 0.25) is 0 Å². The predicted molar refractivity (Wildman–Crippen MR) is 57.6 cm³/mol. The lowest BCUT2D eigenvalue weighted by atomic mass is 10.3. The highest BCUT2D eigenvalue weighted by Gasteiger charge is 2.07. The molecule has 0 aliphatic carbocycles. The average Bonchev–Trinajstić information content (AvgIpc) is 2.65. The molecule has 0 saturated carbocycles. The summed E-state index contributed by atoms with van der Waals surface area (Å²) < 4.78 is 3.08. The van der Waals surface area contributed by atoms with Crippen molar-refractivity contribution in [2.24, 2.45) is 7.05 Å². The summed E-state index contributed by atoms with van der Waals surface area (Å²) in [6, 6.07) is 2.05. The second-order valence-corrected chi connectivity index (χ2v) is 3.51. The first-order chi connectivity index (χ1) is 7.74. The fourth-order valence-electron chi connectivity index (χ4n) is 1.55. The van der Waals surface area contributed by atoms with Crippen LogP contribution in [0, 0.1) is 11.3 Å². The van der Waals surface area contributed by atoms with Gasteiger partial charge < -0.3 is 0 Å². The van der Waals surface area contributed by atoms with Crippen LogP contribution in [-0.4, -0.2) is 19.3 Å². The fraction of sp³-hybridized carbons (Fsp3) is 0.400. The summed E-state index contributed by atoms with van der Waals surface area (Å²) in [6.45, 7) is 0.518. The van der Waals surface area contributed by atoms with Crippen molar-refractivity contribution in [1.82, 2.24) is 19.3 Å². The molecule has 2 heterocycles. The summed E-state index contributed by atoms with van der Waals surface area (Å²) in [5, 5.41) is 12.9. The zero-order valence-corrected chi connectivity index (χ0v) is 8.92. The van der Waals surface area contributed by atoms with E-state index in [1.807, 2.05) is 6.07 Å². The molecule has 2 aromatic rings. The van der Waals surface area contributed by atoms with Crippen molar-refractivity contribution < 1.29 is 0 Å². The van der Waals surface area contributed by atoms with Crippen molar-refractivity contribution in [2.75, 3.05) is 0 Å². The van der Waals surface area contributed by atoms with E-state index in [1.54, 1.807) is 11.7 Å². The van der Waals surface area contributed by atoms with Crippen LogP contribution in [0.1, 0.15) is 12.8 Å². The van der Waals surface area contributed by atoms with Crippen molar-refractivity contribution in [1.29, 1.82) is 5.26 Å². The highest BCUT2D eigenvalue weighted by atomic mass is 16.1. The molecular formula is C10H11N5O. The maximum Gasteiger partial charge on any atom is 0.264 e. The summed E-state index contributed by atoms with van der Waals surface area (Å²) in [5.41, 5.74) is 0.484. The number of fused-ring (bicyclic) bond motifs is 1. The zero-order chi connectivity index (χ0) is 11.5. The molecule has 0 atom stereocenters. The van der Waals surface area contributed by atoms with E-state index >= 15 is 0 Å². The lowest BCUT2D eigenvalue weighted by Crippen LogP contribution is -2.20. The van der Waals surface area contributed by atoms with Crippen LogP contribution in [-0.2, 0) is 13.6 Å². The SMILES string of the molecule is Cn1ncc2c(=O)n(CCCC#N)cnc21. The van der Waals surface area contributed by atoms with E-state index in [0.717, 1.165) is 0 Å². The third-order valence-corrected chi connectivity index (χ3v) is 2.41. The Kier molecular flexibility index (Phi) is 2.68. The number of unbranched alkanes of at least 4 members (excludes halogenated alkanes) is 1. The molecule has 0 aromatic carbocycles. The minimum absolute atomic E-state index is 0.101. The topological polar surface area (TPSA) is 76.5 Å². The highest BCUT2D eigenvalue weighted by molar-refractivity contribution is 5.72. The standard InChI is InChI=1S/C10H11N5O/c1-14-9-8(6-13-14)10(16)15(7-12-9)5-3-2-4-11/h6-7H,2-3,5H2,1H3. The molecule has 0 aliphatic rings. The summed E-state index contributed by atoms with van der Waals surface area (Å²) in [7, 11) is 1.74. The molecule has 2 rings (SSSR count). The van der Waals surface area contributed by atoms with E-state index in [-0.39, 0.29) is 5.56 Å². The van der Waals surface area contributed by atoms with Gasteiger partial charge in [0, 0.05) is 20.0 Å². The molecule has 0 saturated heterocycles. The van der Waals surface area contributed by atoms with Crippen LogP contribution >= 0.6 is 0 Å². The Hall–Kier alpha value is -2.16. The number of aryl methyl sites for hydroxylation is 2. The second-order valence-electron chi connectivity index (χ2n) is 3.51. The smallest absolute Gasteiger partial charge is 0.264 e. The molecular weight excluding hydrogens is 206 g/mol. The Morgan fingerprint density at radius 2 is 2.38 bits per heavy atom. The molecule has 0 unspecified atom stereocenters. The molecule has 6 heteroatoms. The molecule has 0 fully saturated rings. The van der Waals surface area contributed by atoms with E-state index in [1.165, 1.54) is 17.1 Å². The van der Waals surface area contributed by atoms with Gasteiger partial charge in [-0.1, -0.05) is 0 Å². The van der Waals surface area contributed by atoms with Gasteiger partial charge in [0.05, 0.1) is 18.6 Å². The first kappa shape index (κ1) is 10.4. The van der Waals surface area contributed by atoms with Gasteiger partial charge in [0.2, 0.25) is 0 Å². The van der Waals surface area contributed by atoms with Gasteiger partial charge in [0.1, 0.15) is 5.39 Å². The van der Waals surface area contributed by atoms with Gasteiger partial charge >= 0.3 is 0 Å². The maximum absolute atomic E-state index is 11.9. The number of aromatic nitrogens is 4. The van der Waals surface area contributed by atoms with Crippen molar-refractivity contribution in [3.8, 4) is 6.07 Å². The number of nitrogens with zero attached hydrogens (tertiary/aromatic N) is 5. The molecule has 0 spiro atoms. The molecule has 6 nitrogen and oxygen atoms in total. The summed E-state index contributed by atoms with van der Waals surface area (Å²) in [5.74, 6) is 0. The van der Waals surface area contributed by atoms with Gasteiger partial charge in [-0.25, -0.2) is 4.98 Å². The minimum atomic E-state index is -0.101. The summed E-state index contributed by atoms with van der Waals surface area (Å²) in [4.78, 5) is 16.1. The quantitative estimate of drug-likeness (QED) is 0.699. The highest BCUT2D eigenvalue weighted by Crippen LogP contribution is 2.03. The second kappa shape index (κ2) is 4.14. The van der Waals surface area contributed by atoms with E-state index in [9.17, 15) is 4.79 Å². The average molecular weight is 217 g/mol. The Morgan fingerprint density at radius 3 is 3.12 bits per heavy atom. The first-order valence-corrected chi connectivity index (χ1v) is 4.98. The van der Waals surface area contributed by atoms with Crippen LogP contribution in [0.25, 0.3) is 11.0 Å². The molecule has 2 aromatic heterocycles. The summed E-state index contributed by atoms with van der Waals surface area (Å²) in [6.07, 6.45) is 4.12. The van der Waals surface area contributed by atoms with Gasteiger partial charge in [0.25, 0.3) is 5.56 Å². The van der Waals surface area contributed by atoms with Crippen LogP contribution in [0.15, 0.2) is 17.3 Å². The van der Waals surface area contributed by atoms with E-state index < -0.39 is 0 Å². The monoisotopic (exact) mass is 217 g/mol. The normalized spacial score (nSPS) is 10.5. The molecule has 82 valence electrons. The van der Waals surface area contributed by atoms with Crippen molar-refractivity contribution in [3.63, 3.8) is 0 Å². The van der Waals surface area contributed by atoms with Gasteiger partial charge in [0.15, 0.2) is 5.65 Å². The molecule has 0 amide bonds. The van der Waals surface area contributed by atoms with Crippen molar-refractivity contribution in [2.45, 2.75) is 19.4 Å². The van der Waals surface area contributed by atoms with Crippen LogP contribution in [0.5, 0.6) is 0 Å². The number of rotatable bonds is 3. The fourth-order valence-corrected chi connectivity index (χ4v) is 1.55. The van der Waals surface area contributed by atoms with Gasteiger partial charge in [-0.2, -0.15) is 10.4 Å². The molecule has 0 radical (unpaired) electrons. The van der Waals surface area contributed by atoms with Gasteiger partial charge in [-0.3, -0.25) is 14.0 Å². The van der Waals surface area contributed by atoms with E-state index in [2.05, 4.69) is 10.1 Å². The van der Waals surface area contributed by atoms with E-state index in [4.69, 9.17) is 5.26 Å². The third kappa shape index (κ3) is 1.67. The third-order valence-electron chi connectivity index (χ3n) is 2.41. The lowest BCUT2D eigenvalue weighted by molar-refractivity contribution is 0.625. The van der Waals surface area contributed by atoms with E-state index in [0.29, 0.717) is 30.4 Å². The van der Waals surface area contributed by atoms with Gasteiger partial charge in [-0.05, 0) is 6.42 Å². The van der Waals surface area contributed by atoms with Crippen LogP contribution in [0.3, 0.4) is 0 Å².